The molecule has 120 valence electrons. The van der Waals surface area contributed by atoms with Crippen LogP contribution in [0.5, 0.6) is 0 Å². The standard InChI is InChI=1S/C17H28O3S/c1-21(19,20)13-5-2-4-12(9-13)17(18)10-11-8-16(17)15-7-3-6-14(11)15/h11-16,18H,2-10H2,1H3. The zero-order chi connectivity index (χ0) is 14.8. The smallest absolute Gasteiger partial charge is 0.150 e. The van der Waals surface area contributed by atoms with Gasteiger partial charge < -0.3 is 5.11 Å². The summed E-state index contributed by atoms with van der Waals surface area (Å²) in [5, 5.41) is 11.2. The van der Waals surface area contributed by atoms with Gasteiger partial charge in [0.25, 0.3) is 0 Å². The molecular weight excluding hydrogens is 284 g/mol. The molecule has 0 aromatic rings. The highest BCUT2D eigenvalue weighted by Gasteiger charge is 2.62. The van der Waals surface area contributed by atoms with Crippen molar-refractivity contribution in [3.63, 3.8) is 0 Å². The predicted molar refractivity (Wildman–Crippen MR) is 82.6 cm³/mol. The van der Waals surface area contributed by atoms with E-state index in [2.05, 4.69) is 0 Å². The summed E-state index contributed by atoms with van der Waals surface area (Å²) in [7, 11) is -2.96. The van der Waals surface area contributed by atoms with Crippen LogP contribution < -0.4 is 0 Å². The molecule has 3 nitrogen and oxygen atoms in total. The predicted octanol–water partition coefficient (Wildman–Crippen LogP) is 2.78. The second-order valence-electron chi connectivity index (χ2n) is 8.37. The number of hydrogen-bond acceptors (Lipinski definition) is 3. The van der Waals surface area contributed by atoms with Gasteiger partial charge in [-0.15, -0.1) is 0 Å². The highest BCUT2D eigenvalue weighted by atomic mass is 32.2. The minimum atomic E-state index is -2.96. The number of hydrogen-bond donors (Lipinski definition) is 1. The van der Waals surface area contributed by atoms with E-state index in [0.29, 0.717) is 12.3 Å². The maximum Gasteiger partial charge on any atom is 0.150 e. The van der Waals surface area contributed by atoms with Gasteiger partial charge >= 0.3 is 0 Å². The first-order valence-corrected chi connectivity index (χ1v) is 10.8. The molecule has 7 atom stereocenters. The average molecular weight is 312 g/mol. The Morgan fingerprint density at radius 1 is 1.00 bits per heavy atom. The summed E-state index contributed by atoms with van der Waals surface area (Å²) in [4.78, 5) is 0. The molecule has 0 heterocycles. The monoisotopic (exact) mass is 312 g/mol. The van der Waals surface area contributed by atoms with Gasteiger partial charge in [-0.1, -0.05) is 12.8 Å². The SMILES string of the molecule is CS(=O)(=O)C1CCCC(C2(O)CC3CC2C2CCCC32)C1. The van der Waals surface area contributed by atoms with E-state index in [4.69, 9.17) is 0 Å². The highest BCUT2D eigenvalue weighted by molar-refractivity contribution is 7.91. The van der Waals surface area contributed by atoms with Gasteiger partial charge in [0.2, 0.25) is 0 Å². The maximum atomic E-state index is 11.9. The van der Waals surface area contributed by atoms with E-state index in [-0.39, 0.29) is 11.2 Å². The van der Waals surface area contributed by atoms with E-state index in [0.717, 1.165) is 43.4 Å². The fraction of sp³-hybridized carbons (Fsp3) is 1.00. The molecule has 4 aliphatic rings. The summed E-state index contributed by atoms with van der Waals surface area (Å²) in [6, 6.07) is 0. The van der Waals surface area contributed by atoms with Crippen molar-refractivity contribution in [1.82, 2.24) is 0 Å². The quantitative estimate of drug-likeness (QED) is 0.853. The van der Waals surface area contributed by atoms with Crippen molar-refractivity contribution in [2.24, 2.45) is 29.6 Å². The molecule has 0 aromatic heterocycles. The van der Waals surface area contributed by atoms with Crippen LogP contribution in [-0.4, -0.2) is 30.6 Å². The number of sulfone groups is 1. The molecule has 0 amide bonds. The molecule has 1 N–H and O–H groups in total. The Morgan fingerprint density at radius 3 is 2.48 bits per heavy atom. The van der Waals surface area contributed by atoms with Crippen LogP contribution in [0.1, 0.15) is 57.8 Å². The molecule has 4 saturated carbocycles. The third-order valence-electron chi connectivity index (χ3n) is 7.47. The van der Waals surface area contributed by atoms with Crippen LogP contribution in [-0.2, 0) is 9.84 Å². The first-order valence-electron chi connectivity index (χ1n) is 8.81. The molecule has 2 bridgehead atoms. The van der Waals surface area contributed by atoms with Crippen molar-refractivity contribution in [1.29, 1.82) is 0 Å². The van der Waals surface area contributed by atoms with Crippen molar-refractivity contribution in [2.75, 3.05) is 6.26 Å². The first kappa shape index (κ1) is 14.5. The molecule has 0 spiro atoms. The normalized spacial score (nSPS) is 53.0. The lowest BCUT2D eigenvalue weighted by atomic mass is 9.64. The fourth-order valence-electron chi connectivity index (χ4n) is 6.62. The maximum absolute atomic E-state index is 11.9. The van der Waals surface area contributed by atoms with Gasteiger partial charge in [-0.25, -0.2) is 8.42 Å². The molecule has 0 aromatic carbocycles. The average Bonchev–Trinajstić information content (AvgIpc) is 3.09. The lowest BCUT2D eigenvalue weighted by molar-refractivity contribution is -0.0996. The molecule has 4 rings (SSSR count). The van der Waals surface area contributed by atoms with E-state index in [1.54, 1.807) is 0 Å². The third kappa shape index (κ3) is 2.12. The van der Waals surface area contributed by atoms with Gasteiger partial charge in [0.15, 0.2) is 0 Å². The van der Waals surface area contributed by atoms with Gasteiger partial charge in [-0.2, -0.15) is 0 Å². The summed E-state index contributed by atoms with van der Waals surface area (Å²) in [6.07, 6.45) is 11.1. The molecule has 0 radical (unpaired) electrons. The summed E-state index contributed by atoms with van der Waals surface area (Å²) >= 11 is 0. The van der Waals surface area contributed by atoms with Gasteiger partial charge in [-0.05, 0) is 74.5 Å². The van der Waals surface area contributed by atoms with Crippen molar-refractivity contribution in [3.8, 4) is 0 Å². The van der Waals surface area contributed by atoms with E-state index >= 15 is 0 Å². The van der Waals surface area contributed by atoms with Gasteiger partial charge in [0, 0.05) is 6.26 Å². The Bertz CT molecular complexity index is 528. The number of rotatable bonds is 2. The number of aliphatic hydroxyl groups is 1. The zero-order valence-corrected chi connectivity index (χ0v) is 13.8. The molecular formula is C17H28O3S. The van der Waals surface area contributed by atoms with Crippen molar-refractivity contribution in [2.45, 2.75) is 68.6 Å². The number of fused-ring (bicyclic) bond motifs is 5. The zero-order valence-electron chi connectivity index (χ0n) is 13.0. The van der Waals surface area contributed by atoms with E-state index in [1.165, 1.54) is 31.9 Å². The lowest BCUT2D eigenvalue weighted by Crippen LogP contribution is -2.50. The minimum Gasteiger partial charge on any atom is -0.389 e. The molecule has 4 heteroatoms. The Balaban J connectivity index is 1.56. The Kier molecular flexibility index (Phi) is 3.25. The van der Waals surface area contributed by atoms with Crippen molar-refractivity contribution >= 4 is 9.84 Å². The second-order valence-corrected chi connectivity index (χ2v) is 10.7. The second kappa shape index (κ2) is 4.70. The Morgan fingerprint density at radius 2 is 1.71 bits per heavy atom. The van der Waals surface area contributed by atoms with E-state index in [9.17, 15) is 13.5 Å². The molecule has 4 aliphatic carbocycles. The summed E-state index contributed by atoms with van der Waals surface area (Å²) in [5.41, 5.74) is -0.542. The minimum absolute atomic E-state index is 0.209. The van der Waals surface area contributed by atoms with Gasteiger partial charge in [0.1, 0.15) is 9.84 Å². The van der Waals surface area contributed by atoms with E-state index < -0.39 is 15.4 Å². The largest absolute Gasteiger partial charge is 0.389 e. The van der Waals surface area contributed by atoms with Gasteiger partial charge in [0.05, 0.1) is 10.9 Å². The first-order chi connectivity index (χ1) is 9.89. The van der Waals surface area contributed by atoms with Crippen LogP contribution in [0.15, 0.2) is 0 Å². The molecule has 4 fully saturated rings. The van der Waals surface area contributed by atoms with Crippen LogP contribution in [0.4, 0.5) is 0 Å². The third-order valence-corrected chi connectivity index (χ3v) is 9.11. The molecule has 7 unspecified atom stereocenters. The van der Waals surface area contributed by atoms with Crippen LogP contribution in [0, 0.1) is 29.6 Å². The fourth-order valence-corrected chi connectivity index (χ4v) is 7.79. The van der Waals surface area contributed by atoms with Crippen molar-refractivity contribution in [3.05, 3.63) is 0 Å². The van der Waals surface area contributed by atoms with Gasteiger partial charge in [-0.3, -0.25) is 0 Å². The lowest BCUT2D eigenvalue weighted by Gasteiger charge is -2.46. The Labute approximate surface area is 128 Å². The topological polar surface area (TPSA) is 54.4 Å². The Hall–Kier alpha value is -0.0900. The summed E-state index contributed by atoms with van der Waals surface area (Å²) in [6.45, 7) is 0. The molecule has 21 heavy (non-hydrogen) atoms. The molecule has 0 saturated heterocycles. The van der Waals surface area contributed by atoms with Crippen LogP contribution >= 0.6 is 0 Å². The highest BCUT2D eigenvalue weighted by Crippen LogP contribution is 2.65. The van der Waals surface area contributed by atoms with Crippen LogP contribution in [0.3, 0.4) is 0 Å². The van der Waals surface area contributed by atoms with E-state index in [1.807, 2.05) is 0 Å². The van der Waals surface area contributed by atoms with Crippen LogP contribution in [0.2, 0.25) is 0 Å². The summed E-state index contributed by atoms with van der Waals surface area (Å²) in [5.74, 6) is 3.05. The van der Waals surface area contributed by atoms with Crippen LogP contribution in [0.25, 0.3) is 0 Å². The molecule has 0 aliphatic heterocycles. The summed E-state index contributed by atoms with van der Waals surface area (Å²) < 4.78 is 23.8. The van der Waals surface area contributed by atoms with Crippen molar-refractivity contribution < 1.29 is 13.5 Å².